The van der Waals surface area contributed by atoms with Crippen LogP contribution in [-0.4, -0.2) is 48.2 Å². The molecule has 0 bridgehead atoms. The molecule has 0 saturated carbocycles. The molecule has 2 atom stereocenters. The molecule has 31 heavy (non-hydrogen) atoms. The Morgan fingerprint density at radius 2 is 2.00 bits per heavy atom. The van der Waals surface area contributed by atoms with E-state index in [9.17, 15) is 4.79 Å². The normalized spacial score (nSPS) is 18.8. The van der Waals surface area contributed by atoms with Crippen LogP contribution in [0, 0.1) is 5.92 Å². The van der Waals surface area contributed by atoms with Gasteiger partial charge in [0, 0.05) is 31.0 Å². The van der Waals surface area contributed by atoms with E-state index in [4.69, 9.17) is 24.7 Å². The van der Waals surface area contributed by atoms with Gasteiger partial charge in [0.05, 0.1) is 36.6 Å². The van der Waals surface area contributed by atoms with Gasteiger partial charge in [0.1, 0.15) is 23.9 Å². The molecule has 0 unspecified atom stereocenters. The molecule has 1 saturated heterocycles. The summed E-state index contributed by atoms with van der Waals surface area (Å²) in [6.45, 7) is 4.63. The molecule has 1 aliphatic rings. The Bertz CT molecular complexity index is 1050. The van der Waals surface area contributed by atoms with Crippen LogP contribution in [0.1, 0.15) is 23.7 Å². The first-order valence-electron chi connectivity index (χ1n) is 10.4. The highest BCUT2D eigenvalue weighted by Crippen LogP contribution is 2.30. The molecule has 164 valence electrons. The number of ether oxygens (including phenoxy) is 4. The maximum Gasteiger partial charge on any atom is 0.252 e. The van der Waals surface area contributed by atoms with E-state index in [-0.39, 0.29) is 6.10 Å². The van der Waals surface area contributed by atoms with Crippen molar-refractivity contribution >= 4 is 16.8 Å². The number of primary amides is 1. The number of fused-ring (bicyclic) bond motifs is 1. The van der Waals surface area contributed by atoms with Crippen molar-refractivity contribution in [3.8, 4) is 17.2 Å². The first kappa shape index (κ1) is 21.1. The van der Waals surface area contributed by atoms with Gasteiger partial charge in [-0.15, -0.1) is 0 Å². The van der Waals surface area contributed by atoms with Gasteiger partial charge >= 0.3 is 0 Å². The van der Waals surface area contributed by atoms with E-state index in [2.05, 4.69) is 12.0 Å². The highest BCUT2D eigenvalue weighted by atomic mass is 16.5. The molecule has 0 spiro atoms. The average Bonchev–Trinajstić information content (AvgIpc) is 3.13. The smallest absolute Gasteiger partial charge is 0.252 e. The summed E-state index contributed by atoms with van der Waals surface area (Å²) < 4.78 is 24.8. The van der Waals surface area contributed by atoms with Gasteiger partial charge < -0.3 is 24.7 Å². The summed E-state index contributed by atoms with van der Waals surface area (Å²) in [7, 11) is 1.83. The van der Waals surface area contributed by atoms with Crippen molar-refractivity contribution in [1.82, 2.24) is 9.78 Å². The lowest BCUT2D eigenvalue weighted by Crippen LogP contribution is -2.33. The number of hydrogen-bond acceptors (Lipinski definition) is 6. The lowest BCUT2D eigenvalue weighted by molar-refractivity contribution is -0.0731. The molecule has 8 nitrogen and oxygen atoms in total. The molecule has 3 aromatic rings. The molecule has 2 heterocycles. The molecule has 2 aromatic carbocycles. The Labute approximate surface area is 180 Å². The minimum atomic E-state index is -0.556. The van der Waals surface area contributed by atoms with Gasteiger partial charge in [0.25, 0.3) is 5.91 Å². The van der Waals surface area contributed by atoms with Gasteiger partial charge in [-0.1, -0.05) is 6.92 Å². The first-order chi connectivity index (χ1) is 15.0. The molecule has 4 rings (SSSR count). The van der Waals surface area contributed by atoms with Crippen LogP contribution in [0.5, 0.6) is 17.2 Å². The highest BCUT2D eigenvalue weighted by molar-refractivity contribution is 6.00. The quantitative estimate of drug-likeness (QED) is 0.556. The summed E-state index contributed by atoms with van der Waals surface area (Å²) in [4.78, 5) is 11.9. The summed E-state index contributed by atoms with van der Waals surface area (Å²) >= 11 is 0. The topological polar surface area (TPSA) is 97.8 Å². The van der Waals surface area contributed by atoms with Crippen LogP contribution in [0.3, 0.4) is 0 Å². The minimum absolute atomic E-state index is 0.226. The van der Waals surface area contributed by atoms with E-state index in [1.807, 2.05) is 19.2 Å². The second kappa shape index (κ2) is 9.36. The van der Waals surface area contributed by atoms with Crippen LogP contribution in [0.2, 0.25) is 0 Å². The number of nitrogens with zero attached hydrogens (tertiary/aromatic N) is 2. The van der Waals surface area contributed by atoms with E-state index in [0.29, 0.717) is 41.9 Å². The number of aryl methyl sites for hydroxylation is 1. The minimum Gasteiger partial charge on any atom is -0.491 e. The van der Waals surface area contributed by atoms with Crippen molar-refractivity contribution in [3.63, 3.8) is 0 Å². The zero-order valence-corrected chi connectivity index (χ0v) is 17.7. The summed E-state index contributed by atoms with van der Waals surface area (Å²) in [6, 6.07) is 10.7. The van der Waals surface area contributed by atoms with Crippen LogP contribution >= 0.6 is 0 Å². The van der Waals surface area contributed by atoms with Crippen LogP contribution in [-0.2, 0) is 16.5 Å². The number of amides is 1. The molecule has 0 radical (unpaired) electrons. The lowest BCUT2D eigenvalue weighted by atomic mass is 10.0. The number of benzene rings is 2. The SMILES string of the molecule is C[C@H]1COCC[C@H]1OCCOc1ccc(Oc2cc3c(cnn3C)cc2C(N)=O)cc1. The van der Waals surface area contributed by atoms with E-state index >= 15 is 0 Å². The number of carbonyl (C=O) groups excluding carboxylic acids is 1. The summed E-state index contributed by atoms with van der Waals surface area (Å²) in [6.07, 6.45) is 2.83. The van der Waals surface area contributed by atoms with Gasteiger partial charge in [-0.2, -0.15) is 5.10 Å². The second-order valence-corrected chi connectivity index (χ2v) is 7.71. The molecule has 2 N–H and O–H groups in total. The van der Waals surface area contributed by atoms with Crippen molar-refractivity contribution in [3.05, 3.63) is 48.2 Å². The number of nitrogens with two attached hydrogens (primary N) is 1. The van der Waals surface area contributed by atoms with E-state index < -0.39 is 5.91 Å². The molecule has 8 heteroatoms. The van der Waals surface area contributed by atoms with Gasteiger partial charge in [-0.3, -0.25) is 9.48 Å². The van der Waals surface area contributed by atoms with E-state index in [0.717, 1.165) is 30.5 Å². The Hall–Kier alpha value is -3.10. The van der Waals surface area contributed by atoms with Crippen LogP contribution in [0.4, 0.5) is 0 Å². The lowest BCUT2D eigenvalue weighted by Gasteiger charge is -2.28. The standard InChI is InChI=1S/C23H27N3O5/c1-15-14-28-8-7-21(15)30-10-9-29-17-3-5-18(6-4-17)31-22-12-20-16(13-25-26(20)2)11-19(22)23(24)27/h3-6,11-13,15,21H,7-10,14H2,1-2H3,(H2,24,27)/t15-,21+/m0/s1. The van der Waals surface area contributed by atoms with Gasteiger partial charge in [0.15, 0.2) is 0 Å². The number of carbonyl (C=O) groups is 1. The summed E-state index contributed by atoms with van der Waals surface area (Å²) in [5, 5.41) is 5.03. The van der Waals surface area contributed by atoms with Crippen molar-refractivity contribution in [1.29, 1.82) is 0 Å². The molecule has 1 aromatic heterocycles. The van der Waals surface area contributed by atoms with Crippen LogP contribution < -0.4 is 15.2 Å². The first-order valence-corrected chi connectivity index (χ1v) is 10.4. The average molecular weight is 425 g/mol. The van der Waals surface area contributed by atoms with Crippen molar-refractivity contribution in [2.24, 2.45) is 18.7 Å². The van der Waals surface area contributed by atoms with Crippen LogP contribution in [0.15, 0.2) is 42.6 Å². The van der Waals surface area contributed by atoms with E-state index in [1.165, 1.54) is 0 Å². The zero-order chi connectivity index (χ0) is 21.8. The Balaban J connectivity index is 1.36. The highest BCUT2D eigenvalue weighted by Gasteiger charge is 2.22. The summed E-state index contributed by atoms with van der Waals surface area (Å²) in [5.74, 6) is 1.52. The fraction of sp³-hybridized carbons (Fsp3) is 0.391. The summed E-state index contributed by atoms with van der Waals surface area (Å²) in [5.41, 5.74) is 6.69. The largest absolute Gasteiger partial charge is 0.491 e. The maximum absolute atomic E-state index is 11.9. The maximum atomic E-state index is 11.9. The molecule has 1 amide bonds. The molecule has 1 aliphatic heterocycles. The Kier molecular flexibility index (Phi) is 6.39. The van der Waals surface area contributed by atoms with Crippen LogP contribution in [0.25, 0.3) is 10.9 Å². The fourth-order valence-corrected chi connectivity index (χ4v) is 3.66. The third-order valence-electron chi connectivity index (χ3n) is 5.41. The fourth-order valence-electron chi connectivity index (χ4n) is 3.66. The monoisotopic (exact) mass is 425 g/mol. The van der Waals surface area contributed by atoms with Crippen molar-refractivity contribution in [2.75, 3.05) is 26.4 Å². The Morgan fingerprint density at radius 3 is 2.74 bits per heavy atom. The van der Waals surface area contributed by atoms with Gasteiger partial charge in [-0.05, 0) is 36.8 Å². The molecule has 0 aliphatic carbocycles. The molecule has 1 fully saturated rings. The van der Waals surface area contributed by atoms with Crippen molar-refractivity contribution in [2.45, 2.75) is 19.4 Å². The number of hydrogen-bond donors (Lipinski definition) is 1. The van der Waals surface area contributed by atoms with Gasteiger partial charge in [-0.25, -0.2) is 0 Å². The zero-order valence-electron chi connectivity index (χ0n) is 17.7. The third-order valence-corrected chi connectivity index (χ3v) is 5.41. The molecular formula is C23H27N3O5. The van der Waals surface area contributed by atoms with Gasteiger partial charge in [0.2, 0.25) is 0 Å². The van der Waals surface area contributed by atoms with Crippen molar-refractivity contribution < 1.29 is 23.7 Å². The third kappa shape index (κ3) is 4.98. The second-order valence-electron chi connectivity index (χ2n) is 7.71. The number of aromatic nitrogens is 2. The predicted molar refractivity (Wildman–Crippen MR) is 116 cm³/mol. The Morgan fingerprint density at radius 1 is 1.23 bits per heavy atom. The number of rotatable bonds is 8. The predicted octanol–water partition coefficient (Wildman–Crippen LogP) is 3.28. The molecular weight excluding hydrogens is 398 g/mol. The van der Waals surface area contributed by atoms with E-state index in [1.54, 1.807) is 35.1 Å².